The third-order valence-electron chi connectivity index (χ3n) is 5.56. The number of halogens is 1. The van der Waals surface area contributed by atoms with Crippen LogP contribution in [-0.4, -0.2) is 37.7 Å². The zero-order valence-electron chi connectivity index (χ0n) is 14.9. The second-order valence-corrected chi connectivity index (χ2v) is 7.45. The van der Waals surface area contributed by atoms with Gasteiger partial charge in [0.25, 0.3) is 0 Å². The molecule has 24 heavy (non-hydrogen) atoms. The molecule has 4 heteroatoms. The van der Waals surface area contributed by atoms with Crippen molar-refractivity contribution in [3.63, 3.8) is 0 Å². The summed E-state index contributed by atoms with van der Waals surface area (Å²) in [6, 6.07) is 5.75. The monoisotopic (exact) mass is 334 g/mol. The molecule has 1 unspecified atom stereocenters. The predicted octanol–water partition coefficient (Wildman–Crippen LogP) is 3.97. The molecule has 0 amide bonds. The Kier molecular flexibility index (Phi) is 6.50. The Bertz CT molecular complexity index is 516. The van der Waals surface area contributed by atoms with Gasteiger partial charge >= 0.3 is 0 Å². The molecule has 3 nitrogen and oxygen atoms in total. The van der Waals surface area contributed by atoms with Crippen LogP contribution in [0.1, 0.15) is 50.5 Å². The van der Waals surface area contributed by atoms with E-state index in [-0.39, 0.29) is 5.82 Å². The van der Waals surface area contributed by atoms with Crippen LogP contribution in [0.15, 0.2) is 18.2 Å². The third kappa shape index (κ3) is 4.93. The maximum Gasteiger partial charge on any atom is 0.165 e. The fourth-order valence-corrected chi connectivity index (χ4v) is 4.20. The van der Waals surface area contributed by atoms with Crippen molar-refractivity contribution in [2.24, 2.45) is 5.92 Å². The molecule has 2 fully saturated rings. The van der Waals surface area contributed by atoms with Gasteiger partial charge in [-0.15, -0.1) is 0 Å². The Labute approximate surface area is 145 Å². The molecule has 1 aliphatic carbocycles. The molecular formula is C20H31FN2O. The number of piperidine rings is 1. The molecule has 0 spiro atoms. The highest BCUT2D eigenvalue weighted by Gasteiger charge is 2.23. The number of benzene rings is 1. The summed E-state index contributed by atoms with van der Waals surface area (Å²) in [6.07, 6.45) is 9.59. The molecule has 1 aromatic rings. The molecule has 1 saturated heterocycles. The second-order valence-electron chi connectivity index (χ2n) is 7.45. The highest BCUT2D eigenvalue weighted by molar-refractivity contribution is 5.29. The van der Waals surface area contributed by atoms with E-state index in [0.29, 0.717) is 11.8 Å². The standard InChI is InChI=1S/C20H31FN2O/c1-24-20-10-9-17(12-19(20)21)13-22-18-8-5-11-23(15-18)14-16-6-3-2-4-7-16/h9-10,12,16,18,22H,2-8,11,13-15H2,1H3. The Morgan fingerprint density at radius 1 is 1.17 bits per heavy atom. The molecule has 0 bridgehead atoms. The van der Waals surface area contributed by atoms with Crippen molar-refractivity contribution in [2.45, 2.75) is 57.5 Å². The minimum atomic E-state index is -0.278. The predicted molar refractivity (Wildman–Crippen MR) is 95.8 cm³/mol. The third-order valence-corrected chi connectivity index (χ3v) is 5.56. The van der Waals surface area contributed by atoms with Crippen LogP contribution in [0.4, 0.5) is 4.39 Å². The zero-order valence-corrected chi connectivity index (χ0v) is 14.9. The van der Waals surface area contributed by atoms with E-state index in [0.717, 1.165) is 24.6 Å². The van der Waals surface area contributed by atoms with Crippen molar-refractivity contribution in [3.05, 3.63) is 29.6 Å². The van der Waals surface area contributed by atoms with Gasteiger partial charge in [-0.05, 0) is 55.8 Å². The summed E-state index contributed by atoms with van der Waals surface area (Å²) < 4.78 is 18.8. The minimum absolute atomic E-state index is 0.278. The number of hydrogen-bond acceptors (Lipinski definition) is 3. The number of ether oxygens (including phenoxy) is 1. The number of nitrogens with one attached hydrogen (secondary N) is 1. The maximum absolute atomic E-state index is 13.8. The molecule has 1 saturated carbocycles. The summed E-state index contributed by atoms with van der Waals surface area (Å²) >= 11 is 0. The summed E-state index contributed by atoms with van der Waals surface area (Å²) in [5.74, 6) is 0.947. The van der Waals surface area contributed by atoms with Gasteiger partial charge in [0.2, 0.25) is 0 Å². The lowest BCUT2D eigenvalue weighted by Gasteiger charge is -2.36. The fraction of sp³-hybridized carbons (Fsp3) is 0.700. The summed E-state index contributed by atoms with van der Waals surface area (Å²) in [6.45, 7) is 4.37. The fourth-order valence-electron chi connectivity index (χ4n) is 4.20. The molecule has 3 rings (SSSR count). The summed E-state index contributed by atoms with van der Waals surface area (Å²) in [5.41, 5.74) is 0.984. The number of nitrogens with zero attached hydrogens (tertiary/aromatic N) is 1. The van der Waals surface area contributed by atoms with E-state index in [4.69, 9.17) is 4.74 Å². The lowest BCUT2D eigenvalue weighted by molar-refractivity contribution is 0.149. The van der Waals surface area contributed by atoms with Crippen molar-refractivity contribution in [3.8, 4) is 5.75 Å². The summed E-state index contributed by atoms with van der Waals surface area (Å²) in [7, 11) is 1.50. The normalized spacial score (nSPS) is 23.3. The molecule has 1 aromatic carbocycles. The average Bonchev–Trinajstić information content (AvgIpc) is 2.61. The smallest absolute Gasteiger partial charge is 0.165 e. The van der Waals surface area contributed by atoms with Crippen molar-refractivity contribution >= 4 is 0 Å². The van der Waals surface area contributed by atoms with Crippen LogP contribution in [0.2, 0.25) is 0 Å². The molecule has 1 aliphatic heterocycles. The van der Waals surface area contributed by atoms with E-state index in [9.17, 15) is 4.39 Å². The number of methoxy groups -OCH3 is 1. The van der Waals surface area contributed by atoms with Crippen LogP contribution in [0.25, 0.3) is 0 Å². The number of rotatable bonds is 6. The highest BCUT2D eigenvalue weighted by Crippen LogP contribution is 2.25. The Balaban J connectivity index is 1.45. The summed E-state index contributed by atoms with van der Waals surface area (Å²) in [4.78, 5) is 2.64. The van der Waals surface area contributed by atoms with Gasteiger partial charge in [-0.3, -0.25) is 0 Å². The zero-order chi connectivity index (χ0) is 16.8. The second kappa shape index (κ2) is 8.82. The molecular weight excluding hydrogens is 303 g/mol. The molecule has 1 N–H and O–H groups in total. The first-order chi connectivity index (χ1) is 11.7. The molecule has 1 atom stereocenters. The Morgan fingerprint density at radius 3 is 2.75 bits per heavy atom. The molecule has 0 aromatic heterocycles. The molecule has 1 heterocycles. The van der Waals surface area contributed by atoms with E-state index in [2.05, 4.69) is 10.2 Å². The molecule has 134 valence electrons. The van der Waals surface area contributed by atoms with Gasteiger partial charge in [0, 0.05) is 25.7 Å². The van der Waals surface area contributed by atoms with Crippen LogP contribution < -0.4 is 10.1 Å². The first-order valence-electron chi connectivity index (χ1n) is 9.53. The van der Waals surface area contributed by atoms with E-state index in [1.165, 1.54) is 65.1 Å². The molecule has 2 aliphatic rings. The van der Waals surface area contributed by atoms with E-state index in [1.54, 1.807) is 12.1 Å². The lowest BCUT2D eigenvalue weighted by atomic mass is 9.88. The van der Waals surface area contributed by atoms with Gasteiger partial charge in [0.15, 0.2) is 11.6 Å². The topological polar surface area (TPSA) is 24.5 Å². The number of hydrogen-bond donors (Lipinski definition) is 1. The van der Waals surface area contributed by atoms with Crippen molar-refractivity contribution in [2.75, 3.05) is 26.7 Å². The van der Waals surface area contributed by atoms with Gasteiger partial charge in [-0.25, -0.2) is 4.39 Å². The van der Waals surface area contributed by atoms with Gasteiger partial charge in [0.1, 0.15) is 0 Å². The first-order valence-corrected chi connectivity index (χ1v) is 9.53. The largest absolute Gasteiger partial charge is 0.494 e. The van der Waals surface area contributed by atoms with Crippen LogP contribution in [0.5, 0.6) is 5.75 Å². The SMILES string of the molecule is COc1ccc(CNC2CCCN(CC3CCCCC3)C2)cc1F. The number of likely N-dealkylation sites (tertiary alicyclic amines) is 1. The van der Waals surface area contributed by atoms with Gasteiger partial charge < -0.3 is 15.0 Å². The first kappa shape index (κ1) is 17.7. The van der Waals surface area contributed by atoms with E-state index < -0.39 is 0 Å². The summed E-state index contributed by atoms with van der Waals surface area (Å²) in [5, 5.41) is 3.62. The van der Waals surface area contributed by atoms with Crippen LogP contribution in [-0.2, 0) is 6.54 Å². The average molecular weight is 334 g/mol. The van der Waals surface area contributed by atoms with Crippen molar-refractivity contribution in [1.82, 2.24) is 10.2 Å². The minimum Gasteiger partial charge on any atom is -0.494 e. The Morgan fingerprint density at radius 2 is 2.00 bits per heavy atom. The Hall–Kier alpha value is -1.13. The van der Waals surface area contributed by atoms with Crippen LogP contribution >= 0.6 is 0 Å². The quantitative estimate of drug-likeness (QED) is 0.852. The lowest BCUT2D eigenvalue weighted by Crippen LogP contribution is -2.47. The van der Waals surface area contributed by atoms with Crippen LogP contribution in [0, 0.1) is 11.7 Å². The van der Waals surface area contributed by atoms with E-state index >= 15 is 0 Å². The van der Waals surface area contributed by atoms with E-state index in [1.807, 2.05) is 6.07 Å². The molecule has 0 radical (unpaired) electrons. The van der Waals surface area contributed by atoms with Crippen molar-refractivity contribution < 1.29 is 9.13 Å². The van der Waals surface area contributed by atoms with Gasteiger partial charge in [0.05, 0.1) is 7.11 Å². The highest BCUT2D eigenvalue weighted by atomic mass is 19.1. The van der Waals surface area contributed by atoms with Crippen LogP contribution in [0.3, 0.4) is 0 Å². The van der Waals surface area contributed by atoms with Gasteiger partial charge in [-0.2, -0.15) is 0 Å². The van der Waals surface area contributed by atoms with Gasteiger partial charge in [-0.1, -0.05) is 25.3 Å². The van der Waals surface area contributed by atoms with Crippen molar-refractivity contribution in [1.29, 1.82) is 0 Å². The maximum atomic E-state index is 13.8.